The van der Waals surface area contributed by atoms with E-state index in [4.69, 9.17) is 21.1 Å². The van der Waals surface area contributed by atoms with Crippen molar-refractivity contribution in [1.29, 1.82) is 0 Å². The van der Waals surface area contributed by atoms with Crippen LogP contribution in [-0.4, -0.2) is 108 Å². The van der Waals surface area contributed by atoms with Gasteiger partial charge < -0.3 is 29.9 Å². The van der Waals surface area contributed by atoms with Gasteiger partial charge in [-0.25, -0.2) is 13.4 Å². The zero-order valence-corrected chi connectivity index (χ0v) is 28.4. The van der Waals surface area contributed by atoms with Gasteiger partial charge in [0.15, 0.2) is 5.82 Å². The first-order valence-electron chi connectivity index (χ1n) is 15.0. The molecule has 2 aliphatic rings. The standard InChI is InChI=1S/C31H43ClN8O4S/c1-21-17-26(29(44-5)19-28(21)40-11-9-22(10-12-40)39-15-13-37(2)14-16-39)35-31-33-20-24(32)30(36-31)34-25-18-23(43-4)7-8-27(25)38(3)45(6,41)42/h7-8,17-20,22H,9-16H2,1-6H3,(H2,33,34,35,36). The third-order valence-corrected chi connectivity index (χ3v) is 10.1. The number of piperazine rings is 1. The summed E-state index contributed by atoms with van der Waals surface area (Å²) in [5.41, 5.74) is 3.85. The number of aromatic nitrogens is 2. The van der Waals surface area contributed by atoms with Crippen LogP contribution in [0.4, 0.5) is 34.5 Å². The van der Waals surface area contributed by atoms with E-state index in [2.05, 4.69) is 55.3 Å². The molecule has 0 spiro atoms. The lowest BCUT2D eigenvalue weighted by Gasteiger charge is -2.43. The third-order valence-electron chi connectivity index (χ3n) is 8.66. The quantitative estimate of drug-likeness (QED) is 0.320. The number of anilines is 6. The molecule has 2 saturated heterocycles. The fourth-order valence-corrected chi connectivity index (χ4v) is 6.56. The van der Waals surface area contributed by atoms with Crippen LogP contribution < -0.4 is 29.3 Å². The van der Waals surface area contributed by atoms with E-state index < -0.39 is 10.0 Å². The lowest BCUT2D eigenvalue weighted by Crippen LogP contribution is -2.52. The number of benzene rings is 2. The van der Waals surface area contributed by atoms with Crippen molar-refractivity contribution in [3.63, 3.8) is 0 Å². The summed E-state index contributed by atoms with van der Waals surface area (Å²) in [5, 5.41) is 6.70. The van der Waals surface area contributed by atoms with Crippen molar-refractivity contribution in [2.24, 2.45) is 0 Å². The number of nitrogens with zero attached hydrogens (tertiary/aromatic N) is 6. The number of sulfonamides is 1. The molecular formula is C31H43ClN8O4S. The highest BCUT2D eigenvalue weighted by atomic mass is 35.5. The molecule has 0 atom stereocenters. The molecule has 3 aromatic rings. The SMILES string of the molecule is COc1ccc(N(C)S(C)(=O)=O)c(Nc2nc(Nc3cc(C)c(N4CCC(N5CCN(C)CC5)CC4)cc3OC)ncc2Cl)c1. The largest absolute Gasteiger partial charge is 0.497 e. The van der Waals surface area contributed by atoms with E-state index in [1.807, 2.05) is 6.07 Å². The Bertz CT molecular complexity index is 1610. The molecular weight excluding hydrogens is 616 g/mol. The van der Waals surface area contributed by atoms with Crippen molar-refractivity contribution >= 4 is 56.1 Å². The maximum atomic E-state index is 12.3. The monoisotopic (exact) mass is 658 g/mol. The van der Waals surface area contributed by atoms with Gasteiger partial charge in [0, 0.05) is 70.2 Å². The maximum absolute atomic E-state index is 12.3. The Morgan fingerprint density at radius 3 is 2.33 bits per heavy atom. The van der Waals surface area contributed by atoms with Crippen LogP contribution in [0.25, 0.3) is 0 Å². The predicted octanol–water partition coefficient (Wildman–Crippen LogP) is 4.55. The molecule has 14 heteroatoms. The second kappa shape index (κ2) is 13.9. The van der Waals surface area contributed by atoms with E-state index in [0.29, 0.717) is 40.7 Å². The van der Waals surface area contributed by atoms with Crippen molar-refractivity contribution in [3.05, 3.63) is 47.1 Å². The smallest absolute Gasteiger partial charge is 0.232 e. The molecule has 0 aliphatic carbocycles. The van der Waals surface area contributed by atoms with Crippen LogP contribution in [0.3, 0.4) is 0 Å². The number of piperidine rings is 1. The number of halogens is 1. The lowest BCUT2D eigenvalue weighted by molar-refractivity contribution is 0.0982. The van der Waals surface area contributed by atoms with E-state index in [9.17, 15) is 8.42 Å². The predicted molar refractivity (Wildman–Crippen MR) is 182 cm³/mol. The summed E-state index contributed by atoms with van der Waals surface area (Å²) < 4.78 is 37.0. The van der Waals surface area contributed by atoms with Gasteiger partial charge in [-0.2, -0.15) is 4.98 Å². The van der Waals surface area contributed by atoms with Gasteiger partial charge in [-0.15, -0.1) is 0 Å². The van der Waals surface area contributed by atoms with E-state index in [-0.39, 0.29) is 5.02 Å². The molecule has 0 radical (unpaired) electrons. The Morgan fingerprint density at radius 1 is 0.978 bits per heavy atom. The van der Waals surface area contributed by atoms with Gasteiger partial charge in [-0.1, -0.05) is 11.6 Å². The molecule has 1 aromatic heterocycles. The summed E-state index contributed by atoms with van der Waals surface area (Å²) in [5.74, 6) is 1.80. The summed E-state index contributed by atoms with van der Waals surface area (Å²) in [4.78, 5) is 16.5. The second-order valence-corrected chi connectivity index (χ2v) is 14.1. The average Bonchev–Trinajstić information content (AvgIpc) is 3.02. The Labute approximate surface area is 271 Å². The molecule has 2 aromatic carbocycles. The normalized spacial score (nSPS) is 16.8. The van der Waals surface area contributed by atoms with E-state index in [1.165, 1.54) is 24.7 Å². The Morgan fingerprint density at radius 2 is 1.69 bits per heavy atom. The minimum absolute atomic E-state index is 0.259. The first-order chi connectivity index (χ1) is 21.5. The topological polar surface area (TPSA) is 115 Å². The lowest BCUT2D eigenvalue weighted by atomic mass is 10.0. The third kappa shape index (κ3) is 7.66. The van der Waals surface area contributed by atoms with Gasteiger partial charge in [0.2, 0.25) is 16.0 Å². The number of hydrogen-bond acceptors (Lipinski definition) is 11. The molecule has 3 heterocycles. The van der Waals surface area contributed by atoms with Gasteiger partial charge in [0.05, 0.1) is 43.7 Å². The number of ether oxygens (including phenoxy) is 2. The molecule has 45 heavy (non-hydrogen) atoms. The molecule has 0 bridgehead atoms. The van der Waals surface area contributed by atoms with Crippen molar-refractivity contribution in [3.8, 4) is 11.5 Å². The molecule has 0 unspecified atom stereocenters. The van der Waals surface area contributed by atoms with E-state index in [1.54, 1.807) is 25.3 Å². The number of aryl methyl sites for hydroxylation is 1. The molecule has 2 N–H and O–H groups in total. The number of hydrogen-bond donors (Lipinski definition) is 2. The summed E-state index contributed by atoms with van der Waals surface area (Å²) in [6.45, 7) is 8.69. The first kappa shape index (κ1) is 32.9. The Kier molecular flexibility index (Phi) is 10.1. The minimum atomic E-state index is -3.53. The minimum Gasteiger partial charge on any atom is -0.497 e. The van der Waals surface area contributed by atoms with Crippen molar-refractivity contribution in [1.82, 2.24) is 19.8 Å². The second-order valence-electron chi connectivity index (χ2n) is 11.7. The van der Waals surface area contributed by atoms with Crippen LogP contribution in [0.1, 0.15) is 18.4 Å². The molecule has 5 rings (SSSR count). The summed E-state index contributed by atoms with van der Waals surface area (Å²) in [6.07, 6.45) is 4.92. The van der Waals surface area contributed by atoms with Gasteiger partial charge in [-0.05, 0) is 50.6 Å². The van der Waals surface area contributed by atoms with Crippen LogP contribution >= 0.6 is 11.6 Å². The summed E-state index contributed by atoms with van der Waals surface area (Å²) in [6, 6.07) is 9.79. The van der Waals surface area contributed by atoms with Gasteiger partial charge in [0.25, 0.3) is 0 Å². The Hall–Kier alpha value is -3.52. The number of nitrogens with one attached hydrogen (secondary N) is 2. The highest BCUT2D eigenvalue weighted by Gasteiger charge is 2.28. The number of methoxy groups -OCH3 is 2. The molecule has 0 saturated carbocycles. The van der Waals surface area contributed by atoms with Crippen molar-refractivity contribution < 1.29 is 17.9 Å². The number of rotatable bonds is 10. The maximum Gasteiger partial charge on any atom is 0.232 e. The molecule has 244 valence electrons. The highest BCUT2D eigenvalue weighted by molar-refractivity contribution is 7.92. The van der Waals surface area contributed by atoms with E-state index in [0.717, 1.165) is 75.3 Å². The van der Waals surface area contributed by atoms with Crippen LogP contribution in [-0.2, 0) is 10.0 Å². The van der Waals surface area contributed by atoms with Crippen molar-refractivity contribution in [2.45, 2.75) is 25.8 Å². The average molecular weight is 659 g/mol. The van der Waals surface area contributed by atoms with Crippen LogP contribution in [0.15, 0.2) is 36.5 Å². The van der Waals surface area contributed by atoms with E-state index >= 15 is 0 Å². The molecule has 2 aliphatic heterocycles. The molecule has 0 amide bonds. The van der Waals surface area contributed by atoms with Crippen LogP contribution in [0.2, 0.25) is 5.02 Å². The number of likely N-dealkylation sites (N-methyl/N-ethyl adjacent to an activating group) is 1. The summed E-state index contributed by atoms with van der Waals surface area (Å²) >= 11 is 6.49. The zero-order chi connectivity index (χ0) is 32.3. The first-order valence-corrected chi connectivity index (χ1v) is 17.2. The molecule has 12 nitrogen and oxygen atoms in total. The van der Waals surface area contributed by atoms with Crippen LogP contribution in [0, 0.1) is 6.92 Å². The Balaban J connectivity index is 1.33. The fraction of sp³-hybridized carbons (Fsp3) is 0.484. The fourth-order valence-electron chi connectivity index (χ4n) is 5.90. The van der Waals surface area contributed by atoms with Gasteiger partial charge in [-0.3, -0.25) is 9.21 Å². The highest BCUT2D eigenvalue weighted by Crippen LogP contribution is 2.38. The van der Waals surface area contributed by atoms with Crippen molar-refractivity contribution in [2.75, 3.05) is 93.7 Å². The van der Waals surface area contributed by atoms with Crippen LogP contribution in [0.5, 0.6) is 11.5 Å². The van der Waals surface area contributed by atoms with Gasteiger partial charge in [0.1, 0.15) is 16.5 Å². The van der Waals surface area contributed by atoms with Gasteiger partial charge >= 0.3 is 0 Å². The summed E-state index contributed by atoms with van der Waals surface area (Å²) in [7, 11) is 3.33. The zero-order valence-electron chi connectivity index (χ0n) is 26.8. The molecule has 2 fully saturated rings.